The Morgan fingerprint density at radius 2 is 1.71 bits per heavy atom. The number of hydrogen-bond acceptors (Lipinski definition) is 3. The third-order valence-electron chi connectivity index (χ3n) is 2.73. The number of nitrogens with two attached hydrogens (primary N) is 1. The van der Waals surface area contributed by atoms with Crippen molar-refractivity contribution in [2.75, 3.05) is 0 Å². The van der Waals surface area contributed by atoms with Crippen LogP contribution in [0.1, 0.15) is 18.5 Å². The third kappa shape index (κ3) is 2.24. The SMILES string of the molecule is CC(N)c1cc(-c2ccccc2O)ccc1O. The normalized spacial score (nSPS) is 12.4. The minimum absolute atomic E-state index is 0.180. The molecule has 2 aromatic carbocycles. The van der Waals surface area contributed by atoms with Crippen LogP contribution in [-0.4, -0.2) is 10.2 Å². The van der Waals surface area contributed by atoms with Crippen LogP contribution in [0, 0.1) is 0 Å². The van der Waals surface area contributed by atoms with Crippen molar-refractivity contribution in [3.05, 3.63) is 48.0 Å². The molecule has 1 unspecified atom stereocenters. The molecule has 0 aromatic heterocycles. The van der Waals surface area contributed by atoms with Crippen molar-refractivity contribution in [2.45, 2.75) is 13.0 Å². The van der Waals surface area contributed by atoms with E-state index in [2.05, 4.69) is 0 Å². The van der Waals surface area contributed by atoms with Gasteiger partial charge in [0, 0.05) is 17.2 Å². The zero-order valence-electron chi connectivity index (χ0n) is 9.59. The molecule has 3 nitrogen and oxygen atoms in total. The number of rotatable bonds is 2. The molecular weight excluding hydrogens is 214 g/mol. The second kappa shape index (κ2) is 4.47. The van der Waals surface area contributed by atoms with Crippen molar-refractivity contribution < 1.29 is 10.2 Å². The fourth-order valence-electron chi connectivity index (χ4n) is 1.80. The lowest BCUT2D eigenvalue weighted by Crippen LogP contribution is -2.05. The maximum absolute atomic E-state index is 9.77. The molecule has 0 aliphatic carbocycles. The van der Waals surface area contributed by atoms with Gasteiger partial charge in [0.15, 0.2) is 0 Å². The van der Waals surface area contributed by atoms with Gasteiger partial charge in [-0.1, -0.05) is 24.3 Å². The summed E-state index contributed by atoms with van der Waals surface area (Å²) < 4.78 is 0. The highest BCUT2D eigenvalue weighted by Gasteiger charge is 2.09. The maximum Gasteiger partial charge on any atom is 0.123 e. The molecule has 0 heterocycles. The van der Waals surface area contributed by atoms with Crippen LogP contribution in [0.15, 0.2) is 42.5 Å². The number of phenolic OH excluding ortho intramolecular Hbond substituents is 2. The van der Waals surface area contributed by atoms with Crippen molar-refractivity contribution in [3.8, 4) is 22.6 Å². The fourth-order valence-corrected chi connectivity index (χ4v) is 1.80. The molecule has 17 heavy (non-hydrogen) atoms. The molecule has 0 saturated heterocycles. The monoisotopic (exact) mass is 229 g/mol. The number of phenols is 2. The lowest BCUT2D eigenvalue weighted by molar-refractivity contribution is 0.463. The Kier molecular flexibility index (Phi) is 3.02. The van der Waals surface area contributed by atoms with Gasteiger partial charge in [0.1, 0.15) is 11.5 Å². The van der Waals surface area contributed by atoms with Gasteiger partial charge in [0.25, 0.3) is 0 Å². The Labute approximate surface area is 100 Å². The number of para-hydroxylation sites is 1. The van der Waals surface area contributed by atoms with Crippen molar-refractivity contribution in [1.29, 1.82) is 0 Å². The first kappa shape index (κ1) is 11.5. The van der Waals surface area contributed by atoms with Crippen LogP contribution < -0.4 is 5.73 Å². The highest BCUT2D eigenvalue weighted by Crippen LogP contribution is 2.33. The summed E-state index contributed by atoms with van der Waals surface area (Å²) in [6, 6.07) is 12.0. The van der Waals surface area contributed by atoms with Crippen LogP contribution in [0.3, 0.4) is 0 Å². The molecule has 4 N–H and O–H groups in total. The molecule has 0 spiro atoms. The van der Waals surface area contributed by atoms with Crippen LogP contribution in [0.25, 0.3) is 11.1 Å². The Morgan fingerprint density at radius 1 is 1.00 bits per heavy atom. The van der Waals surface area contributed by atoms with Gasteiger partial charge in [-0.15, -0.1) is 0 Å². The fraction of sp³-hybridized carbons (Fsp3) is 0.143. The van der Waals surface area contributed by atoms with Crippen molar-refractivity contribution in [2.24, 2.45) is 5.73 Å². The Balaban J connectivity index is 2.54. The summed E-state index contributed by atoms with van der Waals surface area (Å²) in [4.78, 5) is 0. The van der Waals surface area contributed by atoms with Crippen LogP contribution in [0.4, 0.5) is 0 Å². The molecule has 1 atom stereocenters. The summed E-state index contributed by atoms with van der Waals surface area (Å²) in [5.74, 6) is 0.396. The first-order valence-electron chi connectivity index (χ1n) is 5.46. The minimum atomic E-state index is -0.249. The third-order valence-corrected chi connectivity index (χ3v) is 2.73. The van der Waals surface area contributed by atoms with E-state index in [0.29, 0.717) is 5.56 Å². The highest BCUT2D eigenvalue weighted by atomic mass is 16.3. The molecule has 0 radical (unpaired) electrons. The Bertz CT molecular complexity index is 535. The minimum Gasteiger partial charge on any atom is -0.508 e. The largest absolute Gasteiger partial charge is 0.508 e. The summed E-state index contributed by atoms with van der Waals surface area (Å²) in [5.41, 5.74) is 8.02. The second-order valence-electron chi connectivity index (χ2n) is 4.08. The summed E-state index contributed by atoms with van der Waals surface area (Å²) in [7, 11) is 0. The highest BCUT2D eigenvalue weighted by molar-refractivity contribution is 5.71. The summed E-state index contributed by atoms with van der Waals surface area (Å²) in [6.07, 6.45) is 0. The van der Waals surface area contributed by atoms with Gasteiger partial charge in [0.2, 0.25) is 0 Å². The molecule has 0 amide bonds. The molecule has 88 valence electrons. The molecule has 3 heteroatoms. The number of hydrogen-bond donors (Lipinski definition) is 3. The smallest absolute Gasteiger partial charge is 0.123 e. The van der Waals surface area contributed by atoms with Crippen molar-refractivity contribution in [3.63, 3.8) is 0 Å². The quantitative estimate of drug-likeness (QED) is 0.741. The van der Waals surface area contributed by atoms with Gasteiger partial charge in [-0.3, -0.25) is 0 Å². The first-order chi connectivity index (χ1) is 8.09. The van der Waals surface area contributed by atoms with Crippen LogP contribution in [0.2, 0.25) is 0 Å². The Hall–Kier alpha value is -2.00. The lowest BCUT2D eigenvalue weighted by Gasteiger charge is -2.11. The number of aromatic hydroxyl groups is 2. The van der Waals surface area contributed by atoms with E-state index in [1.807, 2.05) is 19.1 Å². The van der Waals surface area contributed by atoms with Gasteiger partial charge >= 0.3 is 0 Å². The van der Waals surface area contributed by atoms with E-state index in [0.717, 1.165) is 11.1 Å². The van der Waals surface area contributed by atoms with E-state index >= 15 is 0 Å². The van der Waals surface area contributed by atoms with Crippen LogP contribution in [0.5, 0.6) is 11.5 Å². The average molecular weight is 229 g/mol. The molecule has 0 saturated carbocycles. The molecule has 0 fully saturated rings. The zero-order valence-corrected chi connectivity index (χ0v) is 9.59. The average Bonchev–Trinajstić information content (AvgIpc) is 2.30. The van der Waals surface area contributed by atoms with Gasteiger partial charge < -0.3 is 15.9 Å². The van der Waals surface area contributed by atoms with Crippen molar-refractivity contribution >= 4 is 0 Å². The van der Waals surface area contributed by atoms with Gasteiger partial charge in [-0.2, -0.15) is 0 Å². The molecule has 0 aliphatic heterocycles. The molecule has 0 aliphatic rings. The summed E-state index contributed by atoms with van der Waals surface area (Å²) in [6.45, 7) is 1.81. The first-order valence-corrected chi connectivity index (χ1v) is 5.46. The zero-order chi connectivity index (χ0) is 12.4. The van der Waals surface area contributed by atoms with Gasteiger partial charge in [-0.25, -0.2) is 0 Å². The molecule has 2 aromatic rings. The van der Waals surface area contributed by atoms with E-state index in [9.17, 15) is 10.2 Å². The van der Waals surface area contributed by atoms with Crippen molar-refractivity contribution in [1.82, 2.24) is 0 Å². The Morgan fingerprint density at radius 3 is 2.35 bits per heavy atom. The van der Waals surface area contributed by atoms with E-state index < -0.39 is 0 Å². The van der Waals surface area contributed by atoms with Gasteiger partial charge in [0.05, 0.1) is 0 Å². The van der Waals surface area contributed by atoms with E-state index in [1.165, 1.54) is 0 Å². The summed E-state index contributed by atoms with van der Waals surface area (Å²) in [5, 5.41) is 19.4. The molecule has 2 rings (SSSR count). The van der Waals surface area contributed by atoms with E-state index in [1.54, 1.807) is 30.3 Å². The van der Waals surface area contributed by atoms with E-state index in [-0.39, 0.29) is 17.5 Å². The number of benzene rings is 2. The second-order valence-corrected chi connectivity index (χ2v) is 4.08. The maximum atomic E-state index is 9.77. The van der Waals surface area contributed by atoms with Crippen LogP contribution in [-0.2, 0) is 0 Å². The van der Waals surface area contributed by atoms with Gasteiger partial charge in [-0.05, 0) is 30.7 Å². The van der Waals surface area contributed by atoms with E-state index in [4.69, 9.17) is 5.73 Å². The predicted octanol–water partition coefficient (Wildman–Crippen LogP) is 2.78. The topological polar surface area (TPSA) is 66.5 Å². The predicted molar refractivity (Wildman–Crippen MR) is 67.8 cm³/mol. The molecular formula is C14H15NO2. The van der Waals surface area contributed by atoms with Crippen LogP contribution >= 0.6 is 0 Å². The standard InChI is InChI=1S/C14H15NO2/c1-9(15)12-8-10(6-7-14(12)17)11-4-2-3-5-13(11)16/h2-9,16-17H,15H2,1H3. The molecule has 0 bridgehead atoms. The summed E-state index contributed by atoms with van der Waals surface area (Å²) >= 11 is 0. The lowest BCUT2D eigenvalue weighted by atomic mass is 9.99.